The van der Waals surface area contributed by atoms with Gasteiger partial charge in [0.15, 0.2) is 0 Å². The lowest BCUT2D eigenvalue weighted by molar-refractivity contribution is 0.470. The molecule has 1 aromatic carbocycles. The van der Waals surface area contributed by atoms with Gasteiger partial charge in [-0.3, -0.25) is 0 Å². The number of benzene rings is 1. The normalized spacial score (nSPS) is 9.17. The van der Waals surface area contributed by atoms with Crippen LogP contribution in [0.3, 0.4) is 0 Å². The Labute approximate surface area is 78.8 Å². The number of phenolic OH excluding ortho intramolecular Hbond substituents is 1. The minimum atomic E-state index is 0. The molecule has 0 radical (unpaired) electrons. The van der Waals surface area contributed by atoms with Crippen molar-refractivity contribution in [2.75, 3.05) is 6.54 Å². The van der Waals surface area contributed by atoms with Crippen LogP contribution >= 0.6 is 12.4 Å². The third kappa shape index (κ3) is 2.72. The molecule has 0 saturated carbocycles. The Hall–Kier alpha value is -0.730. The summed E-state index contributed by atoms with van der Waals surface area (Å²) in [5.41, 5.74) is 7.37. The van der Waals surface area contributed by atoms with E-state index in [2.05, 4.69) is 0 Å². The van der Waals surface area contributed by atoms with Gasteiger partial charge in [-0.05, 0) is 37.1 Å². The van der Waals surface area contributed by atoms with Crippen molar-refractivity contribution < 1.29 is 5.11 Å². The molecule has 0 fully saturated rings. The zero-order chi connectivity index (χ0) is 8.27. The molecule has 0 aliphatic carbocycles. The molecule has 3 N–H and O–H groups in total. The van der Waals surface area contributed by atoms with Crippen molar-refractivity contribution in [1.29, 1.82) is 0 Å². The smallest absolute Gasteiger partial charge is 0.118 e. The molecule has 1 rings (SSSR count). The zero-order valence-corrected chi connectivity index (χ0v) is 7.90. The standard InChI is InChI=1S/C9H13NO.ClH/c1-7-2-3-8(4-5-10)6-9(7)11;/h2-3,6,11H,4-5,10H2,1H3;1H. The molecule has 12 heavy (non-hydrogen) atoms. The highest BCUT2D eigenvalue weighted by Gasteiger charge is 1.96. The first kappa shape index (κ1) is 11.3. The van der Waals surface area contributed by atoms with Crippen LogP contribution < -0.4 is 5.73 Å². The first-order valence-corrected chi connectivity index (χ1v) is 3.72. The maximum absolute atomic E-state index is 9.29. The Kier molecular flexibility index (Phi) is 4.71. The van der Waals surface area contributed by atoms with Crippen LogP contribution in [0.5, 0.6) is 5.75 Å². The number of nitrogens with two attached hydrogens (primary N) is 1. The number of aryl methyl sites for hydroxylation is 1. The predicted molar refractivity (Wildman–Crippen MR) is 52.9 cm³/mol. The molecule has 1 aromatic rings. The van der Waals surface area contributed by atoms with E-state index in [0.29, 0.717) is 12.3 Å². The number of halogens is 1. The number of phenols is 1. The van der Waals surface area contributed by atoms with Gasteiger partial charge in [0, 0.05) is 0 Å². The molecule has 0 aliphatic heterocycles. The van der Waals surface area contributed by atoms with Crippen LogP contribution in [0.1, 0.15) is 11.1 Å². The molecule has 0 bridgehead atoms. The first-order valence-electron chi connectivity index (χ1n) is 3.72. The molecule has 0 atom stereocenters. The van der Waals surface area contributed by atoms with Gasteiger partial charge in [0.2, 0.25) is 0 Å². The van der Waals surface area contributed by atoms with E-state index in [-0.39, 0.29) is 12.4 Å². The summed E-state index contributed by atoms with van der Waals surface area (Å²) in [6.07, 6.45) is 0.827. The van der Waals surface area contributed by atoms with Crippen molar-refractivity contribution in [1.82, 2.24) is 0 Å². The van der Waals surface area contributed by atoms with E-state index in [1.807, 2.05) is 19.1 Å². The fraction of sp³-hybridized carbons (Fsp3) is 0.333. The Morgan fingerprint density at radius 3 is 2.58 bits per heavy atom. The minimum Gasteiger partial charge on any atom is -0.508 e. The summed E-state index contributed by atoms with van der Waals surface area (Å²) in [4.78, 5) is 0. The predicted octanol–water partition coefficient (Wildman–Crippen LogP) is 1.62. The van der Waals surface area contributed by atoms with Crippen LogP contribution in [0, 0.1) is 6.92 Å². The Morgan fingerprint density at radius 1 is 1.42 bits per heavy atom. The van der Waals surface area contributed by atoms with Crippen LogP contribution in [0.15, 0.2) is 18.2 Å². The van der Waals surface area contributed by atoms with Crippen LogP contribution in [-0.4, -0.2) is 11.7 Å². The van der Waals surface area contributed by atoms with E-state index < -0.39 is 0 Å². The largest absolute Gasteiger partial charge is 0.508 e. The molecule has 2 nitrogen and oxygen atoms in total. The monoisotopic (exact) mass is 187 g/mol. The summed E-state index contributed by atoms with van der Waals surface area (Å²) in [5.74, 6) is 0.357. The quantitative estimate of drug-likeness (QED) is 0.739. The number of hydrogen-bond donors (Lipinski definition) is 2. The molecule has 0 heterocycles. The van der Waals surface area contributed by atoms with Crippen molar-refractivity contribution in [2.45, 2.75) is 13.3 Å². The molecule has 0 aliphatic rings. The lowest BCUT2D eigenvalue weighted by Crippen LogP contribution is -2.02. The highest BCUT2D eigenvalue weighted by Crippen LogP contribution is 2.17. The zero-order valence-electron chi connectivity index (χ0n) is 7.08. The molecule has 0 aromatic heterocycles. The number of hydrogen-bond acceptors (Lipinski definition) is 2. The summed E-state index contributed by atoms with van der Waals surface area (Å²) in [6.45, 7) is 2.50. The maximum atomic E-state index is 9.29. The van der Waals surface area contributed by atoms with E-state index in [9.17, 15) is 5.11 Å². The second-order valence-electron chi connectivity index (χ2n) is 2.66. The SMILES string of the molecule is Cc1ccc(CCN)cc1O.Cl. The summed E-state index contributed by atoms with van der Waals surface area (Å²) in [6, 6.07) is 5.66. The van der Waals surface area contributed by atoms with Gasteiger partial charge in [0.05, 0.1) is 0 Å². The summed E-state index contributed by atoms with van der Waals surface area (Å²) < 4.78 is 0. The summed E-state index contributed by atoms with van der Waals surface area (Å²) in [7, 11) is 0. The average Bonchev–Trinajstić information content (AvgIpc) is 1.98. The fourth-order valence-corrected chi connectivity index (χ4v) is 0.977. The van der Waals surface area contributed by atoms with Gasteiger partial charge >= 0.3 is 0 Å². The Balaban J connectivity index is 0.00000121. The van der Waals surface area contributed by atoms with E-state index in [0.717, 1.165) is 17.5 Å². The number of rotatable bonds is 2. The lowest BCUT2D eigenvalue weighted by atomic mass is 10.1. The van der Waals surface area contributed by atoms with E-state index in [1.54, 1.807) is 6.07 Å². The van der Waals surface area contributed by atoms with Gasteiger partial charge in [-0.25, -0.2) is 0 Å². The molecular weight excluding hydrogens is 174 g/mol. The molecule has 68 valence electrons. The van der Waals surface area contributed by atoms with E-state index >= 15 is 0 Å². The molecule has 3 heteroatoms. The van der Waals surface area contributed by atoms with E-state index in [1.165, 1.54) is 0 Å². The van der Waals surface area contributed by atoms with Crippen LogP contribution in [-0.2, 0) is 6.42 Å². The van der Waals surface area contributed by atoms with E-state index in [4.69, 9.17) is 5.73 Å². The third-order valence-corrected chi connectivity index (χ3v) is 1.71. The van der Waals surface area contributed by atoms with Crippen molar-refractivity contribution in [2.24, 2.45) is 5.73 Å². The molecule has 0 amide bonds. The van der Waals surface area contributed by atoms with Gasteiger partial charge < -0.3 is 10.8 Å². The highest BCUT2D eigenvalue weighted by molar-refractivity contribution is 5.85. The van der Waals surface area contributed by atoms with Crippen molar-refractivity contribution in [3.8, 4) is 5.75 Å². The topological polar surface area (TPSA) is 46.2 Å². The van der Waals surface area contributed by atoms with Gasteiger partial charge in [-0.2, -0.15) is 0 Å². The Bertz CT molecular complexity index is 250. The van der Waals surface area contributed by atoms with Crippen molar-refractivity contribution >= 4 is 12.4 Å². The lowest BCUT2D eigenvalue weighted by Gasteiger charge is -2.01. The Morgan fingerprint density at radius 2 is 2.08 bits per heavy atom. The molecule has 0 saturated heterocycles. The maximum Gasteiger partial charge on any atom is 0.118 e. The van der Waals surface area contributed by atoms with Gasteiger partial charge in [-0.1, -0.05) is 12.1 Å². The summed E-state index contributed by atoms with van der Waals surface area (Å²) in [5, 5.41) is 9.29. The van der Waals surface area contributed by atoms with Gasteiger partial charge in [0.25, 0.3) is 0 Å². The van der Waals surface area contributed by atoms with Crippen LogP contribution in [0.4, 0.5) is 0 Å². The first-order chi connectivity index (χ1) is 5.24. The van der Waals surface area contributed by atoms with Crippen molar-refractivity contribution in [3.05, 3.63) is 29.3 Å². The molecule has 0 spiro atoms. The van der Waals surface area contributed by atoms with Gasteiger partial charge in [-0.15, -0.1) is 12.4 Å². The minimum absolute atomic E-state index is 0. The van der Waals surface area contributed by atoms with Gasteiger partial charge in [0.1, 0.15) is 5.75 Å². The molecule has 0 unspecified atom stereocenters. The third-order valence-electron chi connectivity index (χ3n) is 1.71. The fourth-order valence-electron chi connectivity index (χ4n) is 0.977. The summed E-state index contributed by atoms with van der Waals surface area (Å²) >= 11 is 0. The van der Waals surface area contributed by atoms with Crippen LogP contribution in [0.2, 0.25) is 0 Å². The second-order valence-corrected chi connectivity index (χ2v) is 2.66. The second kappa shape index (κ2) is 5.01. The molecular formula is C9H14ClNO. The van der Waals surface area contributed by atoms with Crippen LogP contribution in [0.25, 0.3) is 0 Å². The average molecular weight is 188 g/mol. The van der Waals surface area contributed by atoms with Crippen molar-refractivity contribution in [3.63, 3.8) is 0 Å². The number of aromatic hydroxyl groups is 1. The highest BCUT2D eigenvalue weighted by atomic mass is 35.5.